The molecule has 0 bridgehead atoms. The summed E-state index contributed by atoms with van der Waals surface area (Å²) in [5.74, 6) is 0. The fraction of sp³-hybridized carbons (Fsp3) is 0.600. The second kappa shape index (κ2) is 5.37. The predicted molar refractivity (Wildman–Crippen MR) is 80.9 cm³/mol. The molecular weight excluding hydrogens is 272 g/mol. The monoisotopic (exact) mass is 294 g/mol. The average molecular weight is 294 g/mol. The van der Waals surface area contributed by atoms with Crippen LogP contribution in [0.1, 0.15) is 25.7 Å². The molecule has 1 heterocycles. The largest absolute Gasteiger partial charge is 0.366 e. The number of anilines is 1. The van der Waals surface area contributed by atoms with E-state index in [1.54, 1.807) is 12.1 Å². The Kier molecular flexibility index (Phi) is 3.73. The first-order valence-corrected chi connectivity index (χ1v) is 9.24. The van der Waals surface area contributed by atoms with Crippen LogP contribution in [-0.4, -0.2) is 39.8 Å². The Balaban J connectivity index is 1.91. The summed E-state index contributed by atoms with van der Waals surface area (Å²) < 4.78 is 24.0. The van der Waals surface area contributed by atoms with Gasteiger partial charge in [0.15, 0.2) is 9.84 Å². The summed E-state index contributed by atoms with van der Waals surface area (Å²) in [7, 11) is -3.18. The van der Waals surface area contributed by atoms with Crippen LogP contribution >= 0.6 is 0 Å². The van der Waals surface area contributed by atoms with Crippen LogP contribution in [0.4, 0.5) is 5.69 Å². The van der Waals surface area contributed by atoms with Gasteiger partial charge in [-0.2, -0.15) is 0 Å². The minimum atomic E-state index is -3.18. The van der Waals surface area contributed by atoms with Gasteiger partial charge in [-0.15, -0.1) is 0 Å². The van der Waals surface area contributed by atoms with Gasteiger partial charge in [-0.05, 0) is 44.4 Å². The molecule has 1 aromatic carbocycles. The first kappa shape index (κ1) is 13.9. The number of hydrogen-bond donors (Lipinski definition) is 1. The van der Waals surface area contributed by atoms with E-state index in [2.05, 4.69) is 10.2 Å². The van der Waals surface area contributed by atoms with E-state index in [0.717, 1.165) is 18.8 Å². The molecule has 2 aliphatic rings. The minimum Gasteiger partial charge on any atom is -0.366 e. The van der Waals surface area contributed by atoms with Gasteiger partial charge in [0.2, 0.25) is 0 Å². The average Bonchev–Trinajstić information content (AvgIpc) is 3.12. The summed E-state index contributed by atoms with van der Waals surface area (Å²) in [6.07, 6.45) is 6.04. The molecule has 1 N–H and O–H groups in total. The number of nitrogens with one attached hydrogen (secondary N) is 1. The molecule has 0 radical (unpaired) electrons. The summed E-state index contributed by atoms with van der Waals surface area (Å²) in [5.41, 5.74) is 0.881. The van der Waals surface area contributed by atoms with Gasteiger partial charge in [0.25, 0.3) is 0 Å². The van der Waals surface area contributed by atoms with Crippen LogP contribution in [0.25, 0.3) is 0 Å². The Morgan fingerprint density at radius 1 is 1.25 bits per heavy atom. The van der Waals surface area contributed by atoms with Crippen molar-refractivity contribution in [3.05, 3.63) is 24.3 Å². The first-order valence-electron chi connectivity index (χ1n) is 7.35. The molecule has 5 heteroatoms. The Labute approximate surface area is 121 Å². The van der Waals surface area contributed by atoms with E-state index < -0.39 is 9.84 Å². The van der Waals surface area contributed by atoms with Crippen molar-refractivity contribution in [2.75, 3.05) is 24.2 Å². The van der Waals surface area contributed by atoms with E-state index in [0.29, 0.717) is 17.0 Å². The maximum Gasteiger partial charge on any atom is 0.177 e. The van der Waals surface area contributed by atoms with Crippen LogP contribution in [0.3, 0.4) is 0 Å². The molecular formula is C15H22N2O2S. The third-order valence-corrected chi connectivity index (χ3v) is 5.29. The molecule has 0 amide bonds. The predicted octanol–water partition coefficient (Wildman–Crippen LogP) is 1.81. The van der Waals surface area contributed by atoms with Crippen molar-refractivity contribution >= 4 is 15.5 Å². The third-order valence-electron chi connectivity index (χ3n) is 4.14. The maximum absolute atomic E-state index is 12.0. The van der Waals surface area contributed by atoms with E-state index in [-0.39, 0.29) is 0 Å². The quantitative estimate of drug-likeness (QED) is 0.900. The molecule has 1 aliphatic carbocycles. The Morgan fingerprint density at radius 3 is 2.60 bits per heavy atom. The Hall–Kier alpha value is -1.07. The van der Waals surface area contributed by atoms with Crippen molar-refractivity contribution in [2.24, 2.45) is 0 Å². The lowest BCUT2D eigenvalue weighted by Gasteiger charge is -2.29. The van der Waals surface area contributed by atoms with Crippen LogP contribution < -0.4 is 10.2 Å². The number of sulfone groups is 1. The molecule has 1 atom stereocenters. The van der Waals surface area contributed by atoms with Crippen LogP contribution in [0.5, 0.6) is 0 Å². The van der Waals surface area contributed by atoms with Gasteiger partial charge in [0.05, 0.1) is 10.6 Å². The standard InChI is InChI=1S/C15H22N2O2S/c1-20(18,19)15-7-3-2-6-14(15)17(13-8-9-13)11-12-5-4-10-16-12/h2-3,6-7,12-13,16H,4-5,8-11H2,1H3. The lowest BCUT2D eigenvalue weighted by Crippen LogP contribution is -2.39. The van der Waals surface area contributed by atoms with Crippen molar-refractivity contribution in [1.82, 2.24) is 5.32 Å². The summed E-state index contributed by atoms with van der Waals surface area (Å²) >= 11 is 0. The number of nitrogens with zero attached hydrogens (tertiary/aromatic N) is 1. The van der Waals surface area contributed by atoms with E-state index in [1.807, 2.05) is 12.1 Å². The fourth-order valence-electron chi connectivity index (χ4n) is 2.99. The van der Waals surface area contributed by atoms with E-state index in [4.69, 9.17) is 0 Å². The maximum atomic E-state index is 12.0. The van der Waals surface area contributed by atoms with Crippen LogP contribution in [0.2, 0.25) is 0 Å². The lowest BCUT2D eigenvalue weighted by atomic mass is 10.2. The molecule has 3 rings (SSSR count). The highest BCUT2D eigenvalue weighted by atomic mass is 32.2. The second-order valence-corrected chi connectivity index (χ2v) is 7.90. The first-order chi connectivity index (χ1) is 9.55. The highest BCUT2D eigenvalue weighted by Crippen LogP contribution is 2.35. The lowest BCUT2D eigenvalue weighted by molar-refractivity contribution is 0.574. The zero-order valence-corrected chi connectivity index (χ0v) is 12.7. The van der Waals surface area contributed by atoms with Crippen molar-refractivity contribution in [2.45, 2.75) is 42.7 Å². The van der Waals surface area contributed by atoms with E-state index in [1.165, 1.54) is 31.9 Å². The second-order valence-electron chi connectivity index (χ2n) is 5.92. The molecule has 0 spiro atoms. The molecule has 1 unspecified atom stereocenters. The summed E-state index contributed by atoms with van der Waals surface area (Å²) in [5, 5.41) is 3.51. The summed E-state index contributed by atoms with van der Waals surface area (Å²) in [6, 6.07) is 8.41. The molecule has 0 aromatic heterocycles. The third kappa shape index (κ3) is 2.99. The van der Waals surface area contributed by atoms with Crippen molar-refractivity contribution in [1.29, 1.82) is 0 Å². The minimum absolute atomic E-state index is 0.463. The normalized spacial score (nSPS) is 22.9. The highest BCUT2D eigenvalue weighted by Gasteiger charge is 2.33. The van der Waals surface area contributed by atoms with Crippen LogP contribution in [0, 0.1) is 0 Å². The fourth-order valence-corrected chi connectivity index (χ4v) is 3.88. The van der Waals surface area contributed by atoms with Crippen molar-refractivity contribution in [3.8, 4) is 0 Å². The SMILES string of the molecule is CS(=O)(=O)c1ccccc1N(CC1CCCN1)C1CC1. The molecule has 20 heavy (non-hydrogen) atoms. The number of benzene rings is 1. The summed E-state index contributed by atoms with van der Waals surface area (Å²) in [6.45, 7) is 1.99. The van der Waals surface area contributed by atoms with Gasteiger partial charge in [-0.1, -0.05) is 12.1 Å². The Bertz CT molecular complexity index is 575. The molecule has 4 nitrogen and oxygen atoms in total. The molecule has 1 saturated carbocycles. The van der Waals surface area contributed by atoms with Crippen LogP contribution in [-0.2, 0) is 9.84 Å². The number of hydrogen-bond acceptors (Lipinski definition) is 4. The zero-order valence-electron chi connectivity index (χ0n) is 11.9. The molecule has 2 fully saturated rings. The van der Waals surface area contributed by atoms with Gasteiger partial charge >= 0.3 is 0 Å². The highest BCUT2D eigenvalue weighted by molar-refractivity contribution is 7.90. The Morgan fingerprint density at radius 2 is 2.00 bits per heavy atom. The van der Waals surface area contributed by atoms with Crippen molar-refractivity contribution < 1.29 is 8.42 Å². The van der Waals surface area contributed by atoms with Gasteiger partial charge in [-0.25, -0.2) is 8.42 Å². The zero-order chi connectivity index (χ0) is 14.2. The summed E-state index contributed by atoms with van der Waals surface area (Å²) in [4.78, 5) is 2.77. The van der Waals surface area contributed by atoms with E-state index in [9.17, 15) is 8.42 Å². The van der Waals surface area contributed by atoms with Gasteiger partial charge in [0.1, 0.15) is 0 Å². The van der Waals surface area contributed by atoms with Gasteiger partial charge in [0, 0.05) is 24.9 Å². The van der Waals surface area contributed by atoms with Crippen LogP contribution in [0.15, 0.2) is 29.2 Å². The smallest absolute Gasteiger partial charge is 0.177 e. The van der Waals surface area contributed by atoms with Gasteiger partial charge in [-0.3, -0.25) is 0 Å². The molecule has 1 aromatic rings. The molecule has 1 aliphatic heterocycles. The number of rotatable bonds is 5. The topological polar surface area (TPSA) is 49.4 Å². The van der Waals surface area contributed by atoms with Crippen molar-refractivity contribution in [3.63, 3.8) is 0 Å². The number of para-hydroxylation sites is 1. The molecule has 1 saturated heterocycles. The van der Waals surface area contributed by atoms with E-state index >= 15 is 0 Å². The van der Waals surface area contributed by atoms with Gasteiger partial charge < -0.3 is 10.2 Å². The molecule has 110 valence electrons.